The highest BCUT2D eigenvalue weighted by molar-refractivity contribution is 6.30. The molecule has 1 heterocycles. The molecule has 1 atom stereocenters. The molecule has 0 spiro atoms. The van der Waals surface area contributed by atoms with Gasteiger partial charge >= 0.3 is 0 Å². The van der Waals surface area contributed by atoms with E-state index < -0.39 is 0 Å². The van der Waals surface area contributed by atoms with Crippen LogP contribution in [0, 0.1) is 0 Å². The molecule has 1 nitrogen and oxygen atoms in total. The first-order valence-electron chi connectivity index (χ1n) is 5.93. The minimum Gasteiger partial charge on any atom is -0.385 e. The number of benzene rings is 2. The molecule has 0 unspecified atom stereocenters. The topological polar surface area (TPSA) is 12.0 Å². The first kappa shape index (κ1) is 10.7. The minimum atomic E-state index is 0.490. The third kappa shape index (κ3) is 2.03. The van der Waals surface area contributed by atoms with Gasteiger partial charge in [0.25, 0.3) is 0 Å². The summed E-state index contributed by atoms with van der Waals surface area (Å²) in [6.45, 7) is 1.01. The summed E-state index contributed by atoms with van der Waals surface area (Å²) in [5.74, 6) is 0.490. The maximum atomic E-state index is 6.03. The summed E-state index contributed by atoms with van der Waals surface area (Å²) < 4.78 is 0. The Hall–Kier alpha value is -1.47. The Morgan fingerprint density at radius 2 is 1.88 bits per heavy atom. The molecule has 2 heteroatoms. The predicted octanol–water partition coefficient (Wildman–Crippen LogP) is 4.29. The monoisotopic (exact) mass is 243 g/mol. The van der Waals surface area contributed by atoms with Crippen molar-refractivity contribution < 1.29 is 0 Å². The van der Waals surface area contributed by atoms with Crippen LogP contribution in [0.25, 0.3) is 0 Å². The standard InChI is InChI=1S/C15H14ClN/c16-12-6-7-14-13(8-9-17-15(14)10-12)11-4-2-1-3-5-11/h1-7,10,13,17H,8-9H2/t13-/m1/s1. The van der Waals surface area contributed by atoms with E-state index in [1.807, 2.05) is 12.1 Å². The van der Waals surface area contributed by atoms with Gasteiger partial charge in [0.1, 0.15) is 0 Å². The van der Waals surface area contributed by atoms with Crippen LogP contribution in [0.1, 0.15) is 23.5 Å². The van der Waals surface area contributed by atoms with Crippen LogP contribution in [0.2, 0.25) is 5.02 Å². The van der Waals surface area contributed by atoms with E-state index in [9.17, 15) is 0 Å². The summed E-state index contributed by atoms with van der Waals surface area (Å²) in [5, 5.41) is 4.21. The van der Waals surface area contributed by atoms with Crippen LogP contribution in [0.15, 0.2) is 48.5 Å². The average molecular weight is 244 g/mol. The molecule has 1 aliphatic heterocycles. The maximum absolute atomic E-state index is 6.03. The molecule has 1 aliphatic rings. The lowest BCUT2D eigenvalue weighted by molar-refractivity contribution is 0.720. The molecule has 0 radical (unpaired) electrons. The van der Waals surface area contributed by atoms with Crippen molar-refractivity contribution in [3.8, 4) is 0 Å². The molecule has 0 aromatic heterocycles. The van der Waals surface area contributed by atoms with Gasteiger partial charge in [-0.15, -0.1) is 0 Å². The van der Waals surface area contributed by atoms with Gasteiger partial charge in [0.2, 0.25) is 0 Å². The third-order valence-corrected chi connectivity index (χ3v) is 3.58. The summed E-state index contributed by atoms with van der Waals surface area (Å²) in [7, 11) is 0. The van der Waals surface area contributed by atoms with Crippen LogP contribution in [0.5, 0.6) is 0 Å². The van der Waals surface area contributed by atoms with Gasteiger partial charge in [-0.3, -0.25) is 0 Å². The van der Waals surface area contributed by atoms with Crippen LogP contribution >= 0.6 is 11.6 Å². The molecular formula is C15H14ClN. The lowest BCUT2D eigenvalue weighted by Crippen LogP contribution is -2.17. The summed E-state index contributed by atoms with van der Waals surface area (Å²) in [6, 6.07) is 16.8. The molecule has 0 amide bonds. The smallest absolute Gasteiger partial charge is 0.0426 e. The zero-order valence-corrected chi connectivity index (χ0v) is 10.2. The molecule has 86 valence electrons. The Balaban J connectivity index is 2.06. The number of fused-ring (bicyclic) bond motifs is 1. The second-order valence-electron chi connectivity index (χ2n) is 4.41. The van der Waals surface area contributed by atoms with Crippen molar-refractivity contribution in [3.05, 3.63) is 64.7 Å². The van der Waals surface area contributed by atoms with Crippen molar-refractivity contribution in [1.82, 2.24) is 0 Å². The number of hydrogen-bond acceptors (Lipinski definition) is 1. The second-order valence-corrected chi connectivity index (χ2v) is 4.85. The Labute approximate surface area is 106 Å². The van der Waals surface area contributed by atoms with Crippen LogP contribution in [0.4, 0.5) is 5.69 Å². The molecule has 0 saturated carbocycles. The van der Waals surface area contributed by atoms with E-state index in [2.05, 4.69) is 41.7 Å². The quantitative estimate of drug-likeness (QED) is 0.788. The Kier molecular flexibility index (Phi) is 2.77. The fourth-order valence-corrected chi connectivity index (χ4v) is 2.70. The van der Waals surface area contributed by atoms with E-state index in [-0.39, 0.29) is 0 Å². The van der Waals surface area contributed by atoms with E-state index in [4.69, 9.17) is 11.6 Å². The molecule has 2 aromatic rings. The molecule has 0 bridgehead atoms. The largest absolute Gasteiger partial charge is 0.385 e. The fraction of sp³-hybridized carbons (Fsp3) is 0.200. The van der Waals surface area contributed by atoms with Gasteiger partial charge < -0.3 is 5.32 Å². The van der Waals surface area contributed by atoms with Gasteiger partial charge in [-0.2, -0.15) is 0 Å². The maximum Gasteiger partial charge on any atom is 0.0426 e. The van der Waals surface area contributed by atoms with Gasteiger partial charge in [0.05, 0.1) is 0 Å². The normalized spacial score (nSPS) is 18.3. The molecular weight excluding hydrogens is 230 g/mol. The number of halogens is 1. The summed E-state index contributed by atoms with van der Waals surface area (Å²) in [5.41, 5.74) is 3.92. The molecule has 17 heavy (non-hydrogen) atoms. The SMILES string of the molecule is Clc1ccc2c(c1)NCC[C@@H]2c1ccccc1. The third-order valence-electron chi connectivity index (χ3n) is 3.34. The van der Waals surface area contributed by atoms with Crippen LogP contribution in [-0.4, -0.2) is 6.54 Å². The number of anilines is 1. The molecule has 3 rings (SSSR count). The highest BCUT2D eigenvalue weighted by Crippen LogP contribution is 2.37. The molecule has 0 aliphatic carbocycles. The van der Waals surface area contributed by atoms with Crippen LogP contribution < -0.4 is 5.32 Å². The summed E-state index contributed by atoms with van der Waals surface area (Å²) in [4.78, 5) is 0. The first-order valence-corrected chi connectivity index (χ1v) is 6.30. The first-order chi connectivity index (χ1) is 8.34. The van der Waals surface area contributed by atoms with E-state index in [0.717, 1.165) is 18.0 Å². The average Bonchev–Trinajstić information content (AvgIpc) is 2.39. The van der Waals surface area contributed by atoms with E-state index >= 15 is 0 Å². The lowest BCUT2D eigenvalue weighted by atomic mass is 9.85. The van der Waals surface area contributed by atoms with Gasteiger partial charge in [-0.05, 0) is 29.7 Å². The zero-order chi connectivity index (χ0) is 11.7. The van der Waals surface area contributed by atoms with Crippen LogP contribution in [0.3, 0.4) is 0 Å². The van der Waals surface area contributed by atoms with Gasteiger partial charge in [0.15, 0.2) is 0 Å². The van der Waals surface area contributed by atoms with Crippen molar-refractivity contribution >= 4 is 17.3 Å². The van der Waals surface area contributed by atoms with E-state index in [1.54, 1.807) is 0 Å². The van der Waals surface area contributed by atoms with Crippen LogP contribution in [-0.2, 0) is 0 Å². The second kappa shape index (κ2) is 4.42. The summed E-state index contributed by atoms with van der Waals surface area (Å²) >= 11 is 6.03. The van der Waals surface area contributed by atoms with Gasteiger partial charge in [0, 0.05) is 23.2 Å². The number of nitrogens with one attached hydrogen (secondary N) is 1. The van der Waals surface area contributed by atoms with Gasteiger partial charge in [-0.25, -0.2) is 0 Å². The Bertz CT molecular complexity index is 522. The molecule has 0 fully saturated rings. The van der Waals surface area contributed by atoms with Crippen molar-refractivity contribution in [3.63, 3.8) is 0 Å². The Morgan fingerprint density at radius 3 is 2.71 bits per heavy atom. The van der Waals surface area contributed by atoms with Crippen molar-refractivity contribution in [2.45, 2.75) is 12.3 Å². The van der Waals surface area contributed by atoms with Crippen molar-refractivity contribution in [2.24, 2.45) is 0 Å². The molecule has 0 saturated heterocycles. The van der Waals surface area contributed by atoms with E-state index in [1.165, 1.54) is 16.8 Å². The van der Waals surface area contributed by atoms with Gasteiger partial charge in [-0.1, -0.05) is 48.0 Å². The zero-order valence-electron chi connectivity index (χ0n) is 9.49. The van der Waals surface area contributed by atoms with E-state index in [0.29, 0.717) is 5.92 Å². The Morgan fingerprint density at radius 1 is 1.06 bits per heavy atom. The number of rotatable bonds is 1. The van der Waals surface area contributed by atoms with Crippen molar-refractivity contribution in [2.75, 3.05) is 11.9 Å². The lowest BCUT2D eigenvalue weighted by Gasteiger charge is -2.27. The predicted molar refractivity (Wildman–Crippen MR) is 72.8 cm³/mol. The highest BCUT2D eigenvalue weighted by Gasteiger charge is 2.21. The molecule has 1 N–H and O–H groups in total. The fourth-order valence-electron chi connectivity index (χ4n) is 2.52. The minimum absolute atomic E-state index is 0.490. The summed E-state index contributed by atoms with van der Waals surface area (Å²) in [6.07, 6.45) is 1.14. The number of hydrogen-bond donors (Lipinski definition) is 1. The van der Waals surface area contributed by atoms with Crippen molar-refractivity contribution in [1.29, 1.82) is 0 Å². The highest BCUT2D eigenvalue weighted by atomic mass is 35.5. The molecule has 2 aromatic carbocycles.